The Bertz CT molecular complexity index is 253. The number of amides is 1. The third kappa shape index (κ3) is 2.23. The molecule has 3 atom stereocenters. The molecule has 2 fully saturated rings. The molecule has 0 spiro atoms. The zero-order valence-electron chi connectivity index (χ0n) is 9.98. The number of likely N-dealkylation sites (tertiary alicyclic amines) is 1. The summed E-state index contributed by atoms with van der Waals surface area (Å²) in [4.78, 5) is 14.3. The van der Waals surface area contributed by atoms with Gasteiger partial charge in [0.25, 0.3) is 0 Å². The summed E-state index contributed by atoms with van der Waals surface area (Å²) >= 11 is 0. The highest BCUT2D eigenvalue weighted by molar-refractivity contribution is 5.80. The van der Waals surface area contributed by atoms with Crippen LogP contribution in [0.2, 0.25) is 0 Å². The molecule has 0 aromatic heterocycles. The van der Waals surface area contributed by atoms with Crippen molar-refractivity contribution in [2.45, 2.75) is 44.7 Å². The molecule has 4 heteroatoms. The van der Waals surface area contributed by atoms with Gasteiger partial charge in [0.15, 0.2) is 0 Å². The summed E-state index contributed by atoms with van der Waals surface area (Å²) in [6.45, 7) is 4.05. The lowest BCUT2D eigenvalue weighted by atomic mass is 9.90. The zero-order valence-corrected chi connectivity index (χ0v) is 9.98. The van der Waals surface area contributed by atoms with E-state index in [1.165, 1.54) is 0 Å². The number of piperidine rings is 1. The molecule has 2 saturated heterocycles. The van der Waals surface area contributed by atoms with Crippen molar-refractivity contribution in [2.24, 2.45) is 5.92 Å². The molecular weight excluding hydrogens is 204 g/mol. The van der Waals surface area contributed by atoms with E-state index in [9.17, 15) is 9.90 Å². The monoisotopic (exact) mass is 226 g/mol. The van der Waals surface area contributed by atoms with Gasteiger partial charge in [0.2, 0.25) is 5.91 Å². The van der Waals surface area contributed by atoms with Gasteiger partial charge in [0.1, 0.15) is 0 Å². The van der Waals surface area contributed by atoms with Crippen LogP contribution in [0.5, 0.6) is 0 Å². The number of carbonyl (C=O) groups excluding carboxylic acids is 1. The van der Waals surface area contributed by atoms with E-state index in [-0.39, 0.29) is 30.5 Å². The molecule has 92 valence electrons. The van der Waals surface area contributed by atoms with E-state index in [1.807, 2.05) is 4.90 Å². The molecule has 0 aliphatic carbocycles. The van der Waals surface area contributed by atoms with E-state index in [0.29, 0.717) is 0 Å². The van der Waals surface area contributed by atoms with Crippen molar-refractivity contribution < 1.29 is 9.90 Å². The fourth-order valence-corrected chi connectivity index (χ4v) is 2.91. The van der Waals surface area contributed by atoms with Gasteiger partial charge in [-0.05, 0) is 39.2 Å². The summed E-state index contributed by atoms with van der Waals surface area (Å²) in [5.41, 5.74) is 0. The summed E-state index contributed by atoms with van der Waals surface area (Å²) in [6, 6.07) is 0.350. The van der Waals surface area contributed by atoms with E-state index in [2.05, 4.69) is 12.2 Å². The third-order valence-corrected chi connectivity index (χ3v) is 3.95. The number of aliphatic hydroxyl groups excluding tert-OH is 1. The minimum absolute atomic E-state index is 0.0710. The first-order valence-electron chi connectivity index (χ1n) is 6.38. The van der Waals surface area contributed by atoms with E-state index in [4.69, 9.17) is 0 Å². The maximum atomic E-state index is 12.4. The normalized spacial score (nSPS) is 35.4. The number of hydrogen-bond acceptors (Lipinski definition) is 3. The fourth-order valence-electron chi connectivity index (χ4n) is 2.91. The molecule has 0 bridgehead atoms. The molecule has 2 heterocycles. The molecule has 0 radical (unpaired) electrons. The van der Waals surface area contributed by atoms with Gasteiger partial charge < -0.3 is 15.3 Å². The van der Waals surface area contributed by atoms with Crippen LogP contribution in [0.25, 0.3) is 0 Å². The van der Waals surface area contributed by atoms with Crippen LogP contribution < -0.4 is 5.32 Å². The van der Waals surface area contributed by atoms with Crippen LogP contribution in [0.4, 0.5) is 0 Å². The van der Waals surface area contributed by atoms with E-state index >= 15 is 0 Å². The molecule has 2 aliphatic heterocycles. The van der Waals surface area contributed by atoms with Crippen molar-refractivity contribution in [1.29, 1.82) is 0 Å². The lowest BCUT2D eigenvalue weighted by Crippen LogP contribution is -2.50. The minimum Gasteiger partial charge on any atom is -0.394 e. The highest BCUT2D eigenvalue weighted by atomic mass is 16.3. The molecule has 1 amide bonds. The van der Waals surface area contributed by atoms with Crippen LogP contribution in [0.1, 0.15) is 32.6 Å². The number of hydrogen-bond donors (Lipinski definition) is 2. The van der Waals surface area contributed by atoms with Gasteiger partial charge in [-0.25, -0.2) is 0 Å². The van der Waals surface area contributed by atoms with Crippen molar-refractivity contribution in [3.05, 3.63) is 0 Å². The van der Waals surface area contributed by atoms with Gasteiger partial charge in [0.05, 0.1) is 18.6 Å². The van der Waals surface area contributed by atoms with Gasteiger partial charge in [-0.3, -0.25) is 4.79 Å². The standard InChI is InChI=1S/C12H22N2O2/c1-9-11(5-2-6-13-9)12(16)14-7-3-4-10(14)8-15/h9-11,13,15H,2-8H2,1H3/t9-,10+,11-/m1/s1. The molecule has 0 saturated carbocycles. The van der Waals surface area contributed by atoms with Crippen LogP contribution >= 0.6 is 0 Å². The Morgan fingerprint density at radius 3 is 2.94 bits per heavy atom. The molecule has 2 rings (SSSR count). The summed E-state index contributed by atoms with van der Waals surface area (Å²) in [5, 5.41) is 12.6. The summed E-state index contributed by atoms with van der Waals surface area (Å²) < 4.78 is 0. The Hall–Kier alpha value is -0.610. The fraction of sp³-hybridized carbons (Fsp3) is 0.917. The number of aliphatic hydroxyl groups is 1. The van der Waals surface area contributed by atoms with Gasteiger partial charge in [-0.1, -0.05) is 0 Å². The minimum atomic E-state index is 0.0710. The Morgan fingerprint density at radius 1 is 1.44 bits per heavy atom. The van der Waals surface area contributed by atoms with Gasteiger partial charge in [-0.2, -0.15) is 0 Å². The molecule has 0 aromatic carbocycles. The molecule has 2 aliphatic rings. The topological polar surface area (TPSA) is 52.6 Å². The largest absolute Gasteiger partial charge is 0.394 e. The lowest BCUT2D eigenvalue weighted by Gasteiger charge is -2.34. The first kappa shape index (κ1) is 11.9. The first-order chi connectivity index (χ1) is 7.74. The van der Waals surface area contributed by atoms with Gasteiger partial charge in [-0.15, -0.1) is 0 Å². The van der Waals surface area contributed by atoms with Gasteiger partial charge >= 0.3 is 0 Å². The number of rotatable bonds is 2. The second-order valence-corrected chi connectivity index (χ2v) is 5.00. The van der Waals surface area contributed by atoms with Gasteiger partial charge in [0, 0.05) is 12.6 Å². The van der Waals surface area contributed by atoms with Crippen molar-refractivity contribution in [3.8, 4) is 0 Å². The van der Waals surface area contributed by atoms with E-state index < -0.39 is 0 Å². The maximum absolute atomic E-state index is 12.4. The maximum Gasteiger partial charge on any atom is 0.227 e. The number of nitrogens with zero attached hydrogens (tertiary/aromatic N) is 1. The SMILES string of the molecule is C[C@H]1NCCC[C@H]1C(=O)N1CCC[C@H]1CO. The van der Waals surface area contributed by atoms with Crippen LogP contribution in [-0.2, 0) is 4.79 Å². The van der Waals surface area contributed by atoms with E-state index in [0.717, 1.165) is 38.8 Å². The highest BCUT2D eigenvalue weighted by Crippen LogP contribution is 2.24. The Kier molecular flexibility index (Phi) is 3.82. The Labute approximate surface area is 97.0 Å². The second-order valence-electron chi connectivity index (χ2n) is 5.00. The molecule has 2 N–H and O–H groups in total. The average Bonchev–Trinajstić information content (AvgIpc) is 2.77. The molecule has 4 nitrogen and oxygen atoms in total. The van der Waals surface area contributed by atoms with Crippen molar-refractivity contribution in [1.82, 2.24) is 10.2 Å². The predicted octanol–water partition coefficient (Wildman–Crippen LogP) is 0.358. The van der Waals surface area contributed by atoms with Crippen LogP contribution in [0, 0.1) is 5.92 Å². The molecule has 16 heavy (non-hydrogen) atoms. The smallest absolute Gasteiger partial charge is 0.227 e. The van der Waals surface area contributed by atoms with Crippen molar-refractivity contribution in [3.63, 3.8) is 0 Å². The van der Waals surface area contributed by atoms with E-state index in [1.54, 1.807) is 0 Å². The summed E-state index contributed by atoms with van der Waals surface area (Å²) in [5.74, 6) is 0.358. The lowest BCUT2D eigenvalue weighted by molar-refractivity contribution is -0.138. The number of carbonyl (C=O) groups is 1. The van der Waals surface area contributed by atoms with Crippen molar-refractivity contribution >= 4 is 5.91 Å². The number of nitrogens with one attached hydrogen (secondary N) is 1. The zero-order chi connectivity index (χ0) is 11.5. The highest BCUT2D eigenvalue weighted by Gasteiger charge is 2.35. The Morgan fingerprint density at radius 2 is 2.25 bits per heavy atom. The van der Waals surface area contributed by atoms with Crippen LogP contribution in [0.15, 0.2) is 0 Å². The third-order valence-electron chi connectivity index (χ3n) is 3.95. The van der Waals surface area contributed by atoms with Crippen LogP contribution in [0.3, 0.4) is 0 Å². The second kappa shape index (κ2) is 5.15. The Balaban J connectivity index is 2.00. The average molecular weight is 226 g/mol. The molecule has 0 aromatic rings. The van der Waals surface area contributed by atoms with Crippen LogP contribution in [-0.4, -0.2) is 47.7 Å². The quantitative estimate of drug-likeness (QED) is 0.715. The van der Waals surface area contributed by atoms with Crippen molar-refractivity contribution in [2.75, 3.05) is 19.7 Å². The molecular formula is C12H22N2O2. The summed E-state index contributed by atoms with van der Waals surface area (Å²) in [7, 11) is 0. The predicted molar refractivity (Wildman–Crippen MR) is 62.0 cm³/mol. The summed E-state index contributed by atoms with van der Waals surface area (Å²) in [6.07, 6.45) is 4.06. The molecule has 0 unspecified atom stereocenters. The first-order valence-corrected chi connectivity index (χ1v) is 6.38.